The maximum Gasteiger partial charge on any atom is 0.214 e. The molecule has 0 saturated heterocycles. The van der Waals surface area contributed by atoms with Gasteiger partial charge in [0, 0.05) is 12.1 Å². The van der Waals surface area contributed by atoms with Crippen molar-refractivity contribution in [2.45, 2.75) is 26.3 Å². The molecule has 0 amide bonds. The van der Waals surface area contributed by atoms with E-state index >= 15 is 0 Å². The van der Waals surface area contributed by atoms with Crippen LogP contribution in [-0.2, 0) is 6.42 Å². The molecule has 0 radical (unpaired) electrons. The minimum atomic E-state index is 0.213. The van der Waals surface area contributed by atoms with Gasteiger partial charge < -0.3 is 10.1 Å². The Bertz CT molecular complexity index is 523. The Morgan fingerprint density at radius 3 is 2.53 bits per heavy atom. The fourth-order valence-electron chi connectivity index (χ4n) is 1.96. The highest BCUT2D eigenvalue weighted by molar-refractivity contribution is 5.40. The van der Waals surface area contributed by atoms with Crippen molar-refractivity contribution in [1.82, 2.24) is 4.98 Å². The van der Waals surface area contributed by atoms with E-state index in [1.165, 1.54) is 11.1 Å². The Morgan fingerprint density at radius 1 is 1.16 bits per heavy atom. The standard InChI is InChI=1S/C16H20N2O/c1-4-13-8-10-14(11-9-13)12(2)17-15-6-5-7-16(18-15)19-3/h5-12H,4H2,1-3H3,(H,17,18). The highest BCUT2D eigenvalue weighted by atomic mass is 16.5. The quantitative estimate of drug-likeness (QED) is 0.883. The van der Waals surface area contributed by atoms with E-state index in [1.807, 2.05) is 18.2 Å². The summed E-state index contributed by atoms with van der Waals surface area (Å²) in [5, 5.41) is 3.38. The number of benzene rings is 1. The molecule has 2 aromatic rings. The van der Waals surface area contributed by atoms with Crippen molar-refractivity contribution in [3.05, 3.63) is 53.6 Å². The number of aryl methyl sites for hydroxylation is 1. The molecule has 1 N–H and O–H groups in total. The predicted octanol–water partition coefficient (Wildman–Crippen LogP) is 3.83. The monoisotopic (exact) mass is 256 g/mol. The molecule has 3 nitrogen and oxygen atoms in total. The zero-order chi connectivity index (χ0) is 13.7. The van der Waals surface area contributed by atoms with Crippen molar-refractivity contribution in [3.63, 3.8) is 0 Å². The van der Waals surface area contributed by atoms with E-state index in [2.05, 4.69) is 48.4 Å². The van der Waals surface area contributed by atoms with Gasteiger partial charge in [-0.2, -0.15) is 4.98 Å². The summed E-state index contributed by atoms with van der Waals surface area (Å²) in [4.78, 5) is 4.36. The van der Waals surface area contributed by atoms with Gasteiger partial charge in [0.2, 0.25) is 5.88 Å². The summed E-state index contributed by atoms with van der Waals surface area (Å²) in [6.07, 6.45) is 1.07. The van der Waals surface area contributed by atoms with Gasteiger partial charge in [-0.3, -0.25) is 0 Å². The summed E-state index contributed by atoms with van der Waals surface area (Å²) in [5.74, 6) is 1.45. The molecule has 1 aromatic heterocycles. The summed E-state index contributed by atoms with van der Waals surface area (Å²) in [5.41, 5.74) is 2.61. The van der Waals surface area contributed by atoms with Crippen LogP contribution in [0.15, 0.2) is 42.5 Å². The van der Waals surface area contributed by atoms with E-state index in [0.717, 1.165) is 12.2 Å². The van der Waals surface area contributed by atoms with Crippen LogP contribution in [-0.4, -0.2) is 12.1 Å². The van der Waals surface area contributed by atoms with E-state index in [4.69, 9.17) is 4.74 Å². The molecule has 100 valence electrons. The average molecular weight is 256 g/mol. The number of rotatable bonds is 5. The lowest BCUT2D eigenvalue weighted by atomic mass is 10.1. The lowest BCUT2D eigenvalue weighted by Gasteiger charge is -2.15. The first-order chi connectivity index (χ1) is 9.22. The average Bonchev–Trinajstić information content (AvgIpc) is 2.47. The smallest absolute Gasteiger partial charge is 0.214 e. The Kier molecular flexibility index (Phi) is 4.39. The molecule has 0 fully saturated rings. The van der Waals surface area contributed by atoms with Crippen LogP contribution < -0.4 is 10.1 Å². The second kappa shape index (κ2) is 6.23. The highest BCUT2D eigenvalue weighted by Crippen LogP contribution is 2.20. The van der Waals surface area contributed by atoms with Gasteiger partial charge in [-0.05, 0) is 30.5 Å². The minimum absolute atomic E-state index is 0.213. The fraction of sp³-hybridized carbons (Fsp3) is 0.312. The van der Waals surface area contributed by atoms with Crippen LogP contribution in [0.25, 0.3) is 0 Å². The van der Waals surface area contributed by atoms with E-state index in [-0.39, 0.29) is 6.04 Å². The van der Waals surface area contributed by atoms with Crippen molar-refractivity contribution in [2.75, 3.05) is 12.4 Å². The Labute approximate surface area is 114 Å². The molecule has 0 bridgehead atoms. The number of nitrogens with one attached hydrogen (secondary N) is 1. The SMILES string of the molecule is CCc1ccc(C(C)Nc2cccc(OC)n2)cc1. The summed E-state index contributed by atoms with van der Waals surface area (Å²) < 4.78 is 5.12. The Balaban J connectivity index is 2.08. The van der Waals surface area contributed by atoms with Crippen LogP contribution in [0.4, 0.5) is 5.82 Å². The summed E-state index contributed by atoms with van der Waals surface area (Å²) in [6.45, 7) is 4.29. The molecule has 1 aromatic carbocycles. The topological polar surface area (TPSA) is 34.1 Å². The van der Waals surface area contributed by atoms with Crippen molar-refractivity contribution in [1.29, 1.82) is 0 Å². The van der Waals surface area contributed by atoms with Crippen molar-refractivity contribution in [2.24, 2.45) is 0 Å². The van der Waals surface area contributed by atoms with Crippen LogP contribution in [0.1, 0.15) is 31.0 Å². The first kappa shape index (κ1) is 13.4. The van der Waals surface area contributed by atoms with E-state index in [0.29, 0.717) is 5.88 Å². The predicted molar refractivity (Wildman–Crippen MR) is 78.6 cm³/mol. The molecule has 0 aliphatic heterocycles. The molecule has 0 aliphatic rings. The van der Waals surface area contributed by atoms with Gasteiger partial charge in [0.15, 0.2) is 0 Å². The summed E-state index contributed by atoms with van der Waals surface area (Å²) >= 11 is 0. The van der Waals surface area contributed by atoms with Crippen LogP contribution in [0.5, 0.6) is 5.88 Å². The third-order valence-corrected chi connectivity index (χ3v) is 3.19. The van der Waals surface area contributed by atoms with E-state index < -0.39 is 0 Å². The number of methoxy groups -OCH3 is 1. The number of hydrogen-bond donors (Lipinski definition) is 1. The van der Waals surface area contributed by atoms with Gasteiger partial charge in [0.25, 0.3) is 0 Å². The number of anilines is 1. The summed E-state index contributed by atoms with van der Waals surface area (Å²) in [6, 6.07) is 14.6. The van der Waals surface area contributed by atoms with Crippen LogP contribution in [0.2, 0.25) is 0 Å². The van der Waals surface area contributed by atoms with Crippen molar-refractivity contribution < 1.29 is 4.74 Å². The largest absolute Gasteiger partial charge is 0.481 e. The van der Waals surface area contributed by atoms with Gasteiger partial charge >= 0.3 is 0 Å². The van der Waals surface area contributed by atoms with E-state index in [1.54, 1.807) is 7.11 Å². The van der Waals surface area contributed by atoms with Gasteiger partial charge in [-0.25, -0.2) is 0 Å². The second-order valence-corrected chi connectivity index (χ2v) is 4.53. The molecule has 2 rings (SSSR count). The van der Waals surface area contributed by atoms with Crippen molar-refractivity contribution >= 4 is 5.82 Å². The molecule has 0 spiro atoms. The molecule has 0 aliphatic carbocycles. The van der Waals surface area contributed by atoms with Gasteiger partial charge in [-0.15, -0.1) is 0 Å². The van der Waals surface area contributed by atoms with Gasteiger partial charge in [-0.1, -0.05) is 37.3 Å². The molecule has 3 heteroatoms. The van der Waals surface area contributed by atoms with Gasteiger partial charge in [0.05, 0.1) is 7.11 Å². The van der Waals surface area contributed by atoms with Crippen molar-refractivity contribution in [3.8, 4) is 5.88 Å². The van der Waals surface area contributed by atoms with E-state index in [9.17, 15) is 0 Å². The van der Waals surface area contributed by atoms with Crippen LogP contribution in [0.3, 0.4) is 0 Å². The Morgan fingerprint density at radius 2 is 1.89 bits per heavy atom. The maximum absolute atomic E-state index is 5.12. The molecule has 1 heterocycles. The molecular formula is C16H20N2O. The normalized spacial score (nSPS) is 11.9. The third-order valence-electron chi connectivity index (χ3n) is 3.19. The Hall–Kier alpha value is -2.03. The molecule has 1 unspecified atom stereocenters. The number of ether oxygens (including phenoxy) is 1. The first-order valence-electron chi connectivity index (χ1n) is 6.59. The molecule has 1 atom stereocenters. The minimum Gasteiger partial charge on any atom is -0.481 e. The maximum atomic E-state index is 5.12. The fourth-order valence-corrected chi connectivity index (χ4v) is 1.96. The lowest BCUT2D eigenvalue weighted by Crippen LogP contribution is -2.08. The lowest BCUT2D eigenvalue weighted by molar-refractivity contribution is 0.398. The third kappa shape index (κ3) is 3.47. The van der Waals surface area contributed by atoms with Gasteiger partial charge in [0.1, 0.15) is 5.82 Å². The molecule has 0 saturated carbocycles. The second-order valence-electron chi connectivity index (χ2n) is 4.53. The zero-order valence-electron chi connectivity index (χ0n) is 11.7. The number of nitrogens with zero attached hydrogens (tertiary/aromatic N) is 1. The summed E-state index contributed by atoms with van der Waals surface area (Å²) in [7, 11) is 1.62. The number of pyridine rings is 1. The molecular weight excluding hydrogens is 236 g/mol. The van der Waals surface area contributed by atoms with Crippen LogP contribution >= 0.6 is 0 Å². The number of hydrogen-bond acceptors (Lipinski definition) is 3. The zero-order valence-corrected chi connectivity index (χ0v) is 11.7. The first-order valence-corrected chi connectivity index (χ1v) is 6.59. The number of aromatic nitrogens is 1. The van der Waals surface area contributed by atoms with Crippen LogP contribution in [0, 0.1) is 0 Å². The highest BCUT2D eigenvalue weighted by Gasteiger charge is 2.06. The molecule has 19 heavy (non-hydrogen) atoms.